The number of halogens is 1. The summed E-state index contributed by atoms with van der Waals surface area (Å²) in [6.45, 7) is 7.49. The molecule has 4 nitrogen and oxygen atoms in total. The smallest absolute Gasteiger partial charge is 0.253 e. The molecule has 2 atom stereocenters. The number of carbonyl (C=O) groups excluding carboxylic acids is 1. The van der Waals surface area contributed by atoms with Crippen LogP contribution in [0.2, 0.25) is 5.15 Å². The summed E-state index contributed by atoms with van der Waals surface area (Å²) in [5, 5.41) is 3.41. The van der Waals surface area contributed by atoms with E-state index in [4.69, 9.17) is 11.6 Å². The molecule has 1 aliphatic heterocycles. The second-order valence-corrected chi connectivity index (χ2v) is 6.14. The Hall–Kier alpha value is -1.13. The van der Waals surface area contributed by atoms with Gasteiger partial charge in [0.25, 0.3) is 5.91 Å². The summed E-state index contributed by atoms with van der Waals surface area (Å²) in [5.41, 5.74) is 0.549. The Morgan fingerprint density at radius 1 is 1.60 bits per heavy atom. The molecular weight excluding hydrogens is 274 g/mol. The van der Waals surface area contributed by atoms with Crippen LogP contribution in [0.3, 0.4) is 0 Å². The summed E-state index contributed by atoms with van der Waals surface area (Å²) >= 11 is 5.72. The van der Waals surface area contributed by atoms with Gasteiger partial charge < -0.3 is 10.2 Å². The fourth-order valence-corrected chi connectivity index (χ4v) is 2.81. The van der Waals surface area contributed by atoms with E-state index in [0.29, 0.717) is 10.7 Å². The van der Waals surface area contributed by atoms with E-state index in [9.17, 15) is 4.79 Å². The van der Waals surface area contributed by atoms with Crippen LogP contribution in [0.5, 0.6) is 0 Å². The maximum Gasteiger partial charge on any atom is 0.253 e. The second kappa shape index (κ2) is 7.04. The average molecular weight is 296 g/mol. The van der Waals surface area contributed by atoms with Gasteiger partial charge in [0.2, 0.25) is 0 Å². The maximum absolute atomic E-state index is 12.1. The van der Waals surface area contributed by atoms with Crippen molar-refractivity contribution in [1.29, 1.82) is 0 Å². The standard InChI is InChI=1S/C15H22ClN3O/c1-11-4-3-7-19(9-11)10-12(2)18-15(20)13-5-6-14(16)17-8-13/h5-6,8,11-12H,3-4,7,9-10H2,1-2H3,(H,18,20). The molecule has 5 heteroatoms. The van der Waals surface area contributed by atoms with Crippen molar-refractivity contribution >= 4 is 17.5 Å². The van der Waals surface area contributed by atoms with Crippen molar-refractivity contribution in [3.8, 4) is 0 Å². The van der Waals surface area contributed by atoms with Gasteiger partial charge >= 0.3 is 0 Å². The molecule has 110 valence electrons. The number of piperidine rings is 1. The molecule has 1 aromatic rings. The van der Waals surface area contributed by atoms with Gasteiger partial charge in [0.05, 0.1) is 5.56 Å². The van der Waals surface area contributed by atoms with E-state index in [1.165, 1.54) is 19.0 Å². The van der Waals surface area contributed by atoms with Crippen molar-refractivity contribution in [3.63, 3.8) is 0 Å². The Kier molecular flexibility index (Phi) is 5.38. The summed E-state index contributed by atoms with van der Waals surface area (Å²) in [4.78, 5) is 18.4. The SMILES string of the molecule is CC1CCCN(CC(C)NC(=O)c2ccc(Cl)nc2)C1. The van der Waals surface area contributed by atoms with Gasteiger partial charge in [-0.3, -0.25) is 4.79 Å². The summed E-state index contributed by atoms with van der Waals surface area (Å²) in [6.07, 6.45) is 4.07. The molecular formula is C15H22ClN3O. The van der Waals surface area contributed by atoms with E-state index in [2.05, 4.69) is 22.1 Å². The Morgan fingerprint density at radius 3 is 3.05 bits per heavy atom. The lowest BCUT2D eigenvalue weighted by atomic mass is 10.00. The highest BCUT2D eigenvalue weighted by Crippen LogP contribution is 2.15. The molecule has 20 heavy (non-hydrogen) atoms. The minimum atomic E-state index is -0.0910. The van der Waals surface area contributed by atoms with E-state index in [1.54, 1.807) is 12.1 Å². The number of hydrogen-bond donors (Lipinski definition) is 1. The Balaban J connectivity index is 1.83. The van der Waals surface area contributed by atoms with Crippen LogP contribution in [0.25, 0.3) is 0 Å². The molecule has 0 saturated carbocycles. The quantitative estimate of drug-likeness (QED) is 0.869. The first-order valence-corrected chi connectivity index (χ1v) is 7.57. The first kappa shape index (κ1) is 15.3. The third-order valence-electron chi connectivity index (χ3n) is 3.64. The summed E-state index contributed by atoms with van der Waals surface area (Å²) in [7, 11) is 0. The van der Waals surface area contributed by atoms with Gasteiger partial charge in [-0.25, -0.2) is 4.98 Å². The van der Waals surface area contributed by atoms with Gasteiger partial charge in [0.15, 0.2) is 0 Å². The van der Waals surface area contributed by atoms with Crippen molar-refractivity contribution in [2.45, 2.75) is 32.7 Å². The molecule has 1 aliphatic rings. The number of hydrogen-bond acceptors (Lipinski definition) is 3. The van der Waals surface area contributed by atoms with E-state index in [1.807, 2.05) is 6.92 Å². The van der Waals surface area contributed by atoms with Gasteiger partial charge in [0.1, 0.15) is 5.15 Å². The molecule has 0 radical (unpaired) electrons. The zero-order valence-electron chi connectivity index (χ0n) is 12.1. The molecule has 2 rings (SSSR count). The molecule has 2 unspecified atom stereocenters. The Labute approximate surface area is 125 Å². The van der Waals surface area contributed by atoms with E-state index in [-0.39, 0.29) is 11.9 Å². The third-order valence-corrected chi connectivity index (χ3v) is 3.86. The lowest BCUT2D eigenvalue weighted by Crippen LogP contribution is -2.45. The van der Waals surface area contributed by atoms with Crippen LogP contribution in [-0.2, 0) is 0 Å². The number of pyridine rings is 1. The molecule has 1 fully saturated rings. The van der Waals surface area contributed by atoms with E-state index >= 15 is 0 Å². The minimum absolute atomic E-state index is 0.0910. The van der Waals surface area contributed by atoms with Gasteiger partial charge in [-0.15, -0.1) is 0 Å². The van der Waals surface area contributed by atoms with Crippen LogP contribution in [-0.4, -0.2) is 41.5 Å². The van der Waals surface area contributed by atoms with Crippen LogP contribution in [0.4, 0.5) is 0 Å². The van der Waals surface area contributed by atoms with Crippen molar-refractivity contribution in [2.24, 2.45) is 5.92 Å². The first-order valence-electron chi connectivity index (χ1n) is 7.19. The zero-order chi connectivity index (χ0) is 14.5. The summed E-state index contributed by atoms with van der Waals surface area (Å²) in [6, 6.07) is 3.46. The number of rotatable bonds is 4. The lowest BCUT2D eigenvalue weighted by Gasteiger charge is -2.32. The number of amides is 1. The third kappa shape index (κ3) is 4.46. The molecule has 1 saturated heterocycles. The lowest BCUT2D eigenvalue weighted by molar-refractivity contribution is 0.0919. The predicted octanol–water partition coefficient (Wildman–Crippen LogP) is 2.59. The number of nitrogens with one attached hydrogen (secondary N) is 1. The predicted molar refractivity (Wildman–Crippen MR) is 81.0 cm³/mol. The molecule has 0 bridgehead atoms. The molecule has 0 spiro atoms. The molecule has 0 aliphatic carbocycles. The largest absolute Gasteiger partial charge is 0.348 e. The first-order chi connectivity index (χ1) is 9.54. The fourth-order valence-electron chi connectivity index (χ4n) is 2.70. The maximum atomic E-state index is 12.1. The molecule has 2 heterocycles. The number of carbonyl (C=O) groups is 1. The number of likely N-dealkylation sites (tertiary alicyclic amines) is 1. The Morgan fingerprint density at radius 2 is 2.40 bits per heavy atom. The monoisotopic (exact) mass is 295 g/mol. The Bertz CT molecular complexity index is 449. The highest BCUT2D eigenvalue weighted by atomic mass is 35.5. The fraction of sp³-hybridized carbons (Fsp3) is 0.600. The van der Waals surface area contributed by atoms with E-state index in [0.717, 1.165) is 25.6 Å². The van der Waals surface area contributed by atoms with Crippen LogP contribution in [0, 0.1) is 5.92 Å². The van der Waals surface area contributed by atoms with Crippen molar-refractivity contribution in [1.82, 2.24) is 15.2 Å². The van der Waals surface area contributed by atoms with Crippen LogP contribution in [0.15, 0.2) is 18.3 Å². The van der Waals surface area contributed by atoms with Gasteiger partial charge in [-0.1, -0.05) is 18.5 Å². The highest BCUT2D eigenvalue weighted by Gasteiger charge is 2.19. The van der Waals surface area contributed by atoms with Gasteiger partial charge in [0, 0.05) is 25.3 Å². The van der Waals surface area contributed by atoms with Crippen molar-refractivity contribution in [2.75, 3.05) is 19.6 Å². The topological polar surface area (TPSA) is 45.2 Å². The number of nitrogens with zero attached hydrogens (tertiary/aromatic N) is 2. The van der Waals surface area contributed by atoms with E-state index < -0.39 is 0 Å². The van der Waals surface area contributed by atoms with Crippen LogP contribution >= 0.6 is 11.6 Å². The van der Waals surface area contributed by atoms with Crippen molar-refractivity contribution in [3.05, 3.63) is 29.0 Å². The molecule has 1 aromatic heterocycles. The van der Waals surface area contributed by atoms with Gasteiger partial charge in [-0.05, 0) is 44.4 Å². The van der Waals surface area contributed by atoms with Crippen LogP contribution in [0.1, 0.15) is 37.0 Å². The molecule has 1 N–H and O–H groups in total. The number of aromatic nitrogens is 1. The average Bonchev–Trinajstić information content (AvgIpc) is 2.39. The van der Waals surface area contributed by atoms with Crippen molar-refractivity contribution < 1.29 is 4.79 Å². The van der Waals surface area contributed by atoms with Crippen LogP contribution < -0.4 is 5.32 Å². The summed E-state index contributed by atoms with van der Waals surface area (Å²) in [5.74, 6) is 0.666. The second-order valence-electron chi connectivity index (χ2n) is 5.75. The highest BCUT2D eigenvalue weighted by molar-refractivity contribution is 6.29. The normalized spacial score (nSPS) is 21.4. The molecule has 0 aromatic carbocycles. The summed E-state index contributed by atoms with van der Waals surface area (Å²) < 4.78 is 0. The minimum Gasteiger partial charge on any atom is -0.348 e. The van der Waals surface area contributed by atoms with Gasteiger partial charge in [-0.2, -0.15) is 0 Å². The molecule has 1 amide bonds. The zero-order valence-corrected chi connectivity index (χ0v) is 12.9.